The number of rotatable bonds is 3. The quantitative estimate of drug-likeness (QED) is 0.849. The fourth-order valence-corrected chi connectivity index (χ4v) is 3.67. The van der Waals surface area contributed by atoms with Gasteiger partial charge >= 0.3 is 0 Å². The number of aromatic nitrogens is 2. The van der Waals surface area contributed by atoms with Gasteiger partial charge in [-0.1, -0.05) is 30.3 Å². The summed E-state index contributed by atoms with van der Waals surface area (Å²) in [6.45, 7) is 1.27. The van der Waals surface area contributed by atoms with E-state index in [-0.39, 0.29) is 18.9 Å². The first kappa shape index (κ1) is 17.1. The Labute approximate surface area is 152 Å². The number of nitrogens with zero attached hydrogens (tertiary/aromatic N) is 3. The summed E-state index contributed by atoms with van der Waals surface area (Å²) in [5.74, 6) is 0.572. The van der Waals surface area contributed by atoms with Crippen molar-refractivity contribution in [2.24, 2.45) is 0 Å². The lowest BCUT2D eigenvalue weighted by Crippen LogP contribution is -2.49. The number of piperidine rings is 1. The maximum atomic E-state index is 14.6. The highest BCUT2D eigenvalue weighted by Crippen LogP contribution is 2.31. The molecule has 0 N–H and O–H groups in total. The number of carbonyl (C=O) groups excluding carboxylic acids is 1. The number of carbonyl (C=O) groups is 1. The molecule has 2 fully saturated rings. The van der Waals surface area contributed by atoms with Crippen molar-refractivity contribution in [3.05, 3.63) is 48.4 Å². The van der Waals surface area contributed by atoms with Gasteiger partial charge in [-0.15, -0.1) is 0 Å². The van der Waals surface area contributed by atoms with Crippen LogP contribution in [0.2, 0.25) is 0 Å². The van der Waals surface area contributed by atoms with Crippen molar-refractivity contribution in [1.29, 1.82) is 0 Å². The summed E-state index contributed by atoms with van der Waals surface area (Å²) in [7, 11) is 0. The Bertz CT molecular complexity index is 770. The predicted molar refractivity (Wildman–Crippen MR) is 95.3 cm³/mol. The van der Waals surface area contributed by atoms with Crippen LogP contribution >= 0.6 is 0 Å². The number of halogens is 1. The van der Waals surface area contributed by atoms with Crippen LogP contribution in [0.1, 0.15) is 31.0 Å². The Hall–Kier alpha value is -2.34. The molecule has 3 heterocycles. The molecular formula is C20H22FN3O2. The molecule has 1 atom stereocenters. The summed E-state index contributed by atoms with van der Waals surface area (Å²) in [5, 5.41) is 0. The van der Waals surface area contributed by atoms with Gasteiger partial charge in [0.05, 0.1) is 18.9 Å². The van der Waals surface area contributed by atoms with Crippen molar-refractivity contribution in [3.8, 4) is 11.3 Å². The lowest BCUT2D eigenvalue weighted by atomic mass is 9.94. The number of likely N-dealkylation sites (tertiary alicyclic amines) is 1. The lowest BCUT2D eigenvalue weighted by Gasteiger charge is -2.34. The Morgan fingerprint density at radius 3 is 2.65 bits per heavy atom. The Morgan fingerprint density at radius 1 is 1.19 bits per heavy atom. The van der Waals surface area contributed by atoms with Gasteiger partial charge in [0.25, 0.3) is 5.91 Å². The van der Waals surface area contributed by atoms with Crippen LogP contribution < -0.4 is 0 Å². The maximum Gasteiger partial charge on any atom is 0.262 e. The van der Waals surface area contributed by atoms with Gasteiger partial charge in [0.1, 0.15) is 5.82 Å². The number of amides is 1. The number of hydrogen-bond donors (Lipinski definition) is 0. The van der Waals surface area contributed by atoms with Crippen LogP contribution in [0.4, 0.5) is 4.39 Å². The summed E-state index contributed by atoms with van der Waals surface area (Å²) in [5.41, 5.74) is 0.126. The monoisotopic (exact) mass is 355 g/mol. The molecule has 0 spiro atoms. The van der Waals surface area contributed by atoms with Crippen LogP contribution in [-0.4, -0.2) is 52.7 Å². The van der Waals surface area contributed by atoms with E-state index in [9.17, 15) is 9.18 Å². The molecule has 136 valence electrons. The van der Waals surface area contributed by atoms with E-state index in [0.29, 0.717) is 19.7 Å². The third kappa shape index (κ3) is 3.33. The van der Waals surface area contributed by atoms with Crippen LogP contribution in [0, 0.1) is 0 Å². The molecule has 0 bridgehead atoms. The molecule has 5 nitrogen and oxygen atoms in total. The summed E-state index contributed by atoms with van der Waals surface area (Å²) in [6.07, 6.45) is 3.45. The first-order valence-electron chi connectivity index (χ1n) is 9.10. The Morgan fingerprint density at radius 2 is 1.96 bits per heavy atom. The Kier molecular flexibility index (Phi) is 4.68. The van der Waals surface area contributed by atoms with E-state index >= 15 is 0 Å². The second-order valence-corrected chi connectivity index (χ2v) is 7.00. The minimum absolute atomic E-state index is 0.117. The molecule has 1 aromatic heterocycles. The molecule has 26 heavy (non-hydrogen) atoms. The molecule has 1 amide bonds. The molecule has 1 unspecified atom stereocenters. The summed E-state index contributed by atoms with van der Waals surface area (Å²) < 4.78 is 19.7. The summed E-state index contributed by atoms with van der Waals surface area (Å²) in [6, 6.07) is 11.9. The summed E-state index contributed by atoms with van der Waals surface area (Å²) in [4.78, 5) is 23.2. The minimum atomic E-state index is -1.84. The molecule has 6 heteroatoms. The molecule has 1 aromatic carbocycles. The molecule has 2 aromatic rings. The van der Waals surface area contributed by atoms with Gasteiger partial charge in [0, 0.05) is 37.2 Å². The molecular weight excluding hydrogens is 333 g/mol. The minimum Gasteiger partial charge on any atom is -0.377 e. The molecule has 0 radical (unpaired) electrons. The highest BCUT2D eigenvalue weighted by molar-refractivity contribution is 5.85. The van der Waals surface area contributed by atoms with Crippen LogP contribution in [0.25, 0.3) is 11.3 Å². The number of alkyl halides is 1. The fourth-order valence-electron chi connectivity index (χ4n) is 3.67. The van der Waals surface area contributed by atoms with E-state index in [4.69, 9.17) is 9.72 Å². The predicted octanol–water partition coefficient (Wildman–Crippen LogP) is 2.98. The normalized spacial score (nSPS) is 24.0. The molecule has 0 saturated carbocycles. The van der Waals surface area contributed by atoms with Crippen LogP contribution in [0.5, 0.6) is 0 Å². The van der Waals surface area contributed by atoms with Gasteiger partial charge in [-0.2, -0.15) is 0 Å². The van der Waals surface area contributed by atoms with Crippen molar-refractivity contribution in [1.82, 2.24) is 14.9 Å². The van der Waals surface area contributed by atoms with Crippen molar-refractivity contribution in [2.75, 3.05) is 26.3 Å². The molecule has 0 aliphatic carbocycles. The highest BCUT2D eigenvalue weighted by Gasteiger charge is 2.45. The third-order valence-corrected chi connectivity index (χ3v) is 5.25. The van der Waals surface area contributed by atoms with Crippen molar-refractivity contribution >= 4 is 5.91 Å². The van der Waals surface area contributed by atoms with E-state index < -0.39 is 11.6 Å². The lowest BCUT2D eigenvalue weighted by molar-refractivity contribution is -0.145. The number of ether oxygens (including phenoxy) is 1. The zero-order chi connectivity index (χ0) is 18.0. The average molecular weight is 355 g/mol. The van der Waals surface area contributed by atoms with Gasteiger partial charge in [-0.05, 0) is 18.9 Å². The van der Waals surface area contributed by atoms with E-state index in [1.165, 1.54) is 0 Å². The van der Waals surface area contributed by atoms with Crippen LogP contribution in [0.15, 0.2) is 42.6 Å². The van der Waals surface area contributed by atoms with E-state index in [1.807, 2.05) is 36.4 Å². The number of benzene rings is 1. The van der Waals surface area contributed by atoms with Crippen molar-refractivity contribution in [2.45, 2.75) is 30.8 Å². The second kappa shape index (κ2) is 7.11. The van der Waals surface area contributed by atoms with Crippen LogP contribution in [0.3, 0.4) is 0 Å². The molecule has 2 saturated heterocycles. The van der Waals surface area contributed by atoms with Gasteiger partial charge < -0.3 is 9.64 Å². The maximum absolute atomic E-state index is 14.6. The average Bonchev–Trinajstić information content (AvgIpc) is 3.16. The first-order chi connectivity index (χ1) is 12.7. The SMILES string of the molecule is O=C(N1CCC(c2nccc(-c3ccccc3)n2)CC1)C1(F)CCOC1. The van der Waals surface area contributed by atoms with Gasteiger partial charge in [-0.25, -0.2) is 14.4 Å². The Balaban J connectivity index is 1.43. The second-order valence-electron chi connectivity index (χ2n) is 7.00. The van der Waals surface area contributed by atoms with Crippen LogP contribution in [-0.2, 0) is 9.53 Å². The zero-order valence-electron chi connectivity index (χ0n) is 14.6. The van der Waals surface area contributed by atoms with E-state index in [1.54, 1.807) is 11.1 Å². The molecule has 4 rings (SSSR count). The zero-order valence-corrected chi connectivity index (χ0v) is 14.6. The van der Waals surface area contributed by atoms with E-state index in [2.05, 4.69) is 4.98 Å². The molecule has 2 aliphatic rings. The summed E-state index contributed by atoms with van der Waals surface area (Å²) >= 11 is 0. The third-order valence-electron chi connectivity index (χ3n) is 5.25. The van der Waals surface area contributed by atoms with E-state index in [0.717, 1.165) is 29.9 Å². The first-order valence-corrected chi connectivity index (χ1v) is 9.10. The van der Waals surface area contributed by atoms with Crippen molar-refractivity contribution in [3.63, 3.8) is 0 Å². The van der Waals surface area contributed by atoms with Gasteiger partial charge in [0.2, 0.25) is 5.67 Å². The number of hydrogen-bond acceptors (Lipinski definition) is 4. The highest BCUT2D eigenvalue weighted by atomic mass is 19.1. The fraction of sp³-hybridized carbons (Fsp3) is 0.450. The van der Waals surface area contributed by atoms with Gasteiger partial charge in [-0.3, -0.25) is 4.79 Å². The smallest absolute Gasteiger partial charge is 0.262 e. The largest absolute Gasteiger partial charge is 0.377 e. The topological polar surface area (TPSA) is 55.3 Å². The van der Waals surface area contributed by atoms with Crippen molar-refractivity contribution < 1.29 is 13.9 Å². The van der Waals surface area contributed by atoms with Gasteiger partial charge in [0.15, 0.2) is 0 Å². The standard InChI is InChI=1S/C20H22FN3O2/c21-20(9-13-26-14-20)19(25)24-11-7-16(8-12-24)18-22-10-6-17(23-18)15-4-2-1-3-5-15/h1-6,10,16H,7-9,11-14H2. The molecule has 2 aliphatic heterocycles.